The van der Waals surface area contributed by atoms with Crippen molar-refractivity contribution in [1.82, 2.24) is 15.9 Å². The highest BCUT2D eigenvalue weighted by molar-refractivity contribution is 6.21. The molecule has 5 rings (SSSR count). The molecular formula is C22H20N6O2. The standard InChI is InChI=1S/C22H20N6O2/c1-14-12-16-8-11-27-19(16)17(13-14)18(15-6-3-2-4-7-15)24-20(21(27)29)25-22(30)28-10-5-9-23-26-28/h2-7,9-10,12-13,20,26H,8,11H2,1H3,(H,25,30). The molecule has 1 atom stereocenters. The third-order valence-electron chi connectivity index (χ3n) is 5.31. The van der Waals surface area contributed by atoms with E-state index in [0.29, 0.717) is 12.3 Å². The molecule has 0 radical (unpaired) electrons. The Labute approximate surface area is 173 Å². The van der Waals surface area contributed by atoms with Gasteiger partial charge in [-0.25, -0.2) is 15.3 Å². The number of nitrogens with zero attached hydrogens (tertiary/aromatic N) is 4. The smallest absolute Gasteiger partial charge is 0.308 e. The van der Waals surface area contributed by atoms with Crippen LogP contribution in [0.15, 0.2) is 64.8 Å². The van der Waals surface area contributed by atoms with Gasteiger partial charge in [-0.05, 0) is 31.1 Å². The number of allylic oxidation sites excluding steroid dienone is 1. The minimum absolute atomic E-state index is 0.248. The van der Waals surface area contributed by atoms with Gasteiger partial charge in [-0.15, -0.1) is 0 Å². The topological polar surface area (TPSA) is 89.4 Å². The van der Waals surface area contributed by atoms with Crippen molar-refractivity contribution in [2.75, 3.05) is 11.4 Å². The molecule has 0 saturated heterocycles. The van der Waals surface area contributed by atoms with E-state index in [1.54, 1.807) is 11.0 Å². The van der Waals surface area contributed by atoms with E-state index in [2.05, 4.69) is 28.1 Å². The molecule has 3 amide bonds. The number of anilines is 1. The highest BCUT2D eigenvalue weighted by atomic mass is 16.2. The summed E-state index contributed by atoms with van der Waals surface area (Å²) in [6.07, 6.45) is 4.40. The molecule has 0 aromatic heterocycles. The average molecular weight is 400 g/mol. The van der Waals surface area contributed by atoms with Crippen LogP contribution in [0.25, 0.3) is 0 Å². The molecular weight excluding hydrogens is 380 g/mol. The zero-order chi connectivity index (χ0) is 20.7. The van der Waals surface area contributed by atoms with Crippen LogP contribution in [-0.2, 0) is 11.2 Å². The van der Waals surface area contributed by atoms with Crippen LogP contribution in [0.4, 0.5) is 10.5 Å². The van der Waals surface area contributed by atoms with Gasteiger partial charge in [-0.3, -0.25) is 4.79 Å². The molecule has 0 spiro atoms. The minimum atomic E-state index is -1.05. The van der Waals surface area contributed by atoms with Gasteiger partial charge in [0.1, 0.15) is 0 Å². The Morgan fingerprint density at radius 1 is 1.23 bits per heavy atom. The minimum Gasteiger partial charge on any atom is -0.308 e. The van der Waals surface area contributed by atoms with E-state index in [4.69, 9.17) is 4.99 Å². The molecule has 2 aromatic carbocycles. The number of aryl methyl sites for hydroxylation is 1. The van der Waals surface area contributed by atoms with Crippen molar-refractivity contribution in [3.63, 3.8) is 0 Å². The van der Waals surface area contributed by atoms with E-state index in [9.17, 15) is 9.59 Å². The van der Waals surface area contributed by atoms with Gasteiger partial charge in [-0.2, -0.15) is 10.1 Å². The third-order valence-corrected chi connectivity index (χ3v) is 5.31. The van der Waals surface area contributed by atoms with Crippen LogP contribution in [0.1, 0.15) is 22.3 Å². The van der Waals surface area contributed by atoms with E-state index >= 15 is 0 Å². The third kappa shape index (κ3) is 3.02. The van der Waals surface area contributed by atoms with Crippen molar-refractivity contribution in [3.05, 3.63) is 77.0 Å². The summed E-state index contributed by atoms with van der Waals surface area (Å²) >= 11 is 0. The van der Waals surface area contributed by atoms with Gasteiger partial charge in [-0.1, -0.05) is 42.0 Å². The number of amides is 3. The summed E-state index contributed by atoms with van der Waals surface area (Å²) in [6, 6.07) is 13.4. The molecule has 2 aromatic rings. The van der Waals surface area contributed by atoms with Crippen LogP contribution >= 0.6 is 0 Å². The lowest BCUT2D eigenvalue weighted by molar-refractivity contribution is -0.120. The Balaban J connectivity index is 1.60. The fourth-order valence-electron chi connectivity index (χ4n) is 4.03. The molecule has 8 nitrogen and oxygen atoms in total. The number of hydrazone groups is 1. The predicted molar refractivity (Wildman–Crippen MR) is 114 cm³/mol. The first-order chi connectivity index (χ1) is 14.6. The Bertz CT molecular complexity index is 1120. The number of rotatable bonds is 2. The van der Waals surface area contributed by atoms with E-state index in [-0.39, 0.29) is 5.91 Å². The van der Waals surface area contributed by atoms with Crippen molar-refractivity contribution in [2.45, 2.75) is 19.5 Å². The SMILES string of the molecule is Cc1cc2c3c(c1)C(c1ccccc1)=NC(NC(=O)N1C=CC=NN1)C(=O)N3CC2. The van der Waals surface area contributed by atoms with Crippen molar-refractivity contribution in [3.8, 4) is 0 Å². The molecule has 150 valence electrons. The summed E-state index contributed by atoms with van der Waals surface area (Å²) in [5.74, 6) is -0.248. The van der Waals surface area contributed by atoms with Gasteiger partial charge in [0.05, 0.1) is 17.6 Å². The number of urea groups is 1. The first kappa shape index (κ1) is 18.1. The summed E-state index contributed by atoms with van der Waals surface area (Å²) in [4.78, 5) is 32.5. The molecule has 3 aliphatic rings. The zero-order valence-electron chi connectivity index (χ0n) is 16.4. The second kappa shape index (κ2) is 7.14. The number of carbonyl (C=O) groups is 2. The molecule has 1 unspecified atom stereocenters. The average Bonchev–Trinajstić information content (AvgIpc) is 3.16. The Morgan fingerprint density at radius 2 is 2.07 bits per heavy atom. The number of aliphatic imine (C=N–C) groups is 1. The predicted octanol–water partition coefficient (Wildman–Crippen LogP) is 2.09. The maximum absolute atomic E-state index is 13.4. The summed E-state index contributed by atoms with van der Waals surface area (Å²) in [5.41, 5.74) is 8.22. The number of hydrogen-bond acceptors (Lipinski definition) is 5. The number of benzene rings is 2. The summed E-state index contributed by atoms with van der Waals surface area (Å²) in [7, 11) is 0. The van der Waals surface area contributed by atoms with Crippen LogP contribution in [-0.4, -0.2) is 41.6 Å². The number of hydrogen-bond donors (Lipinski definition) is 2. The van der Waals surface area contributed by atoms with Gasteiger partial charge < -0.3 is 10.2 Å². The Hall–Kier alpha value is -3.94. The molecule has 30 heavy (non-hydrogen) atoms. The zero-order valence-corrected chi connectivity index (χ0v) is 16.4. The molecule has 3 heterocycles. The largest absolute Gasteiger partial charge is 0.343 e. The Kier molecular flexibility index (Phi) is 4.31. The Morgan fingerprint density at radius 3 is 2.83 bits per heavy atom. The molecule has 0 fully saturated rings. The first-order valence-corrected chi connectivity index (χ1v) is 9.75. The van der Waals surface area contributed by atoms with Crippen molar-refractivity contribution in [2.24, 2.45) is 10.1 Å². The molecule has 3 aliphatic heterocycles. The number of nitrogens with one attached hydrogen (secondary N) is 2. The van der Waals surface area contributed by atoms with E-state index in [1.165, 1.54) is 17.4 Å². The van der Waals surface area contributed by atoms with E-state index in [1.807, 2.05) is 37.3 Å². The molecule has 2 N–H and O–H groups in total. The quantitative estimate of drug-likeness (QED) is 0.809. The van der Waals surface area contributed by atoms with Crippen LogP contribution in [0.5, 0.6) is 0 Å². The van der Waals surface area contributed by atoms with E-state index in [0.717, 1.165) is 34.4 Å². The maximum atomic E-state index is 13.4. The number of hydrazine groups is 1. The monoisotopic (exact) mass is 400 g/mol. The van der Waals surface area contributed by atoms with Crippen LogP contribution in [0, 0.1) is 6.92 Å². The molecule has 0 saturated carbocycles. The van der Waals surface area contributed by atoms with Gasteiger partial charge in [0.2, 0.25) is 6.17 Å². The van der Waals surface area contributed by atoms with Gasteiger partial charge in [0.25, 0.3) is 5.91 Å². The van der Waals surface area contributed by atoms with Gasteiger partial charge in [0.15, 0.2) is 0 Å². The summed E-state index contributed by atoms with van der Waals surface area (Å²) < 4.78 is 0. The van der Waals surface area contributed by atoms with E-state index < -0.39 is 12.2 Å². The lowest BCUT2D eigenvalue weighted by Crippen LogP contribution is -2.52. The highest BCUT2D eigenvalue weighted by Crippen LogP contribution is 2.37. The van der Waals surface area contributed by atoms with Gasteiger partial charge >= 0.3 is 6.03 Å². The fraction of sp³-hybridized carbons (Fsp3) is 0.182. The van der Waals surface area contributed by atoms with Gasteiger partial charge in [0, 0.05) is 23.9 Å². The normalized spacial score (nSPS) is 19.2. The lowest BCUT2D eigenvalue weighted by Gasteiger charge is -2.24. The van der Waals surface area contributed by atoms with Crippen molar-refractivity contribution in [1.29, 1.82) is 0 Å². The van der Waals surface area contributed by atoms with Crippen molar-refractivity contribution < 1.29 is 9.59 Å². The summed E-state index contributed by atoms with van der Waals surface area (Å²) in [6.45, 7) is 2.61. The lowest BCUT2D eigenvalue weighted by atomic mass is 9.96. The van der Waals surface area contributed by atoms with Crippen LogP contribution in [0.2, 0.25) is 0 Å². The fourth-order valence-corrected chi connectivity index (χ4v) is 4.03. The summed E-state index contributed by atoms with van der Waals surface area (Å²) in [5, 5.41) is 7.73. The first-order valence-electron chi connectivity index (χ1n) is 9.75. The van der Waals surface area contributed by atoms with Crippen LogP contribution < -0.4 is 15.8 Å². The van der Waals surface area contributed by atoms with Crippen molar-refractivity contribution >= 4 is 29.6 Å². The second-order valence-electron chi connectivity index (χ2n) is 7.35. The maximum Gasteiger partial charge on any atom is 0.343 e. The number of carbonyl (C=O) groups excluding carboxylic acids is 2. The molecule has 8 heteroatoms. The van der Waals surface area contributed by atoms with Crippen LogP contribution in [0.3, 0.4) is 0 Å². The molecule has 0 bridgehead atoms. The second-order valence-corrected chi connectivity index (χ2v) is 7.35. The highest BCUT2D eigenvalue weighted by Gasteiger charge is 2.37. The molecule has 0 aliphatic carbocycles.